The molecule has 2 aromatic carbocycles. The first-order valence-electron chi connectivity index (χ1n) is 9.28. The summed E-state index contributed by atoms with van der Waals surface area (Å²) in [7, 11) is 0. The van der Waals surface area contributed by atoms with E-state index >= 15 is 0 Å². The molecule has 3 heterocycles. The Balaban J connectivity index is 1.37. The van der Waals surface area contributed by atoms with E-state index in [0.717, 1.165) is 16.7 Å². The third kappa shape index (κ3) is 3.97. The van der Waals surface area contributed by atoms with Crippen LogP contribution < -0.4 is 9.47 Å². The molecule has 2 aliphatic rings. The van der Waals surface area contributed by atoms with E-state index in [9.17, 15) is 9.59 Å². The maximum Gasteiger partial charge on any atom is 0.293 e. The molecule has 0 radical (unpaired) electrons. The van der Waals surface area contributed by atoms with E-state index in [2.05, 4.69) is 0 Å². The van der Waals surface area contributed by atoms with E-state index in [4.69, 9.17) is 48.7 Å². The van der Waals surface area contributed by atoms with Gasteiger partial charge in [-0.25, -0.2) is 0 Å². The summed E-state index contributed by atoms with van der Waals surface area (Å²) in [5, 5.41) is 0.941. The summed E-state index contributed by atoms with van der Waals surface area (Å²) in [6.45, 7) is 0.118. The van der Waals surface area contributed by atoms with Gasteiger partial charge < -0.3 is 13.9 Å². The lowest BCUT2D eigenvalue weighted by Gasteiger charge is -2.14. The van der Waals surface area contributed by atoms with Crippen LogP contribution in [0.1, 0.15) is 11.3 Å². The Labute approximate surface area is 201 Å². The largest absolute Gasteiger partial charge is 0.457 e. The Morgan fingerprint density at radius 2 is 1.75 bits per heavy atom. The predicted octanol–water partition coefficient (Wildman–Crippen LogP) is 6.87. The quantitative estimate of drug-likeness (QED) is 0.358. The van der Waals surface area contributed by atoms with Gasteiger partial charge in [-0.05, 0) is 53.7 Å². The van der Waals surface area contributed by atoms with Crippen molar-refractivity contribution in [1.29, 1.82) is 0 Å². The Morgan fingerprint density at radius 1 is 0.969 bits per heavy atom. The van der Waals surface area contributed by atoms with E-state index in [1.54, 1.807) is 42.5 Å². The lowest BCUT2D eigenvalue weighted by Crippen LogP contribution is -2.27. The smallest absolute Gasteiger partial charge is 0.293 e. The number of carbonyl (C=O) groups excluding carboxylic acids is 2. The first-order valence-corrected chi connectivity index (χ1v) is 11.2. The second-order valence-corrected chi connectivity index (χ2v) is 9.13. The third-order valence-corrected chi connectivity index (χ3v) is 6.65. The first kappa shape index (κ1) is 21.3. The zero-order chi connectivity index (χ0) is 22.4. The van der Waals surface area contributed by atoms with E-state index < -0.39 is 11.1 Å². The molecule has 3 aromatic rings. The summed E-state index contributed by atoms with van der Waals surface area (Å²) in [5.74, 6) is 1.55. The first-order chi connectivity index (χ1) is 15.4. The molecule has 162 valence electrons. The summed E-state index contributed by atoms with van der Waals surface area (Å²) in [6.07, 6.45) is 1.53. The summed E-state index contributed by atoms with van der Waals surface area (Å²) in [5.41, 5.74) is 1.25. The van der Waals surface area contributed by atoms with Crippen molar-refractivity contribution in [1.82, 2.24) is 4.90 Å². The van der Waals surface area contributed by atoms with Crippen molar-refractivity contribution in [3.8, 4) is 22.8 Å². The molecule has 10 heteroatoms. The van der Waals surface area contributed by atoms with Gasteiger partial charge in [-0.1, -0.05) is 34.8 Å². The lowest BCUT2D eigenvalue weighted by molar-refractivity contribution is -0.123. The molecule has 32 heavy (non-hydrogen) atoms. The number of imide groups is 1. The van der Waals surface area contributed by atoms with E-state index in [1.165, 1.54) is 6.08 Å². The Morgan fingerprint density at radius 3 is 2.53 bits per heavy atom. The van der Waals surface area contributed by atoms with Crippen molar-refractivity contribution < 1.29 is 23.5 Å². The zero-order valence-corrected chi connectivity index (χ0v) is 19.1. The van der Waals surface area contributed by atoms with Crippen molar-refractivity contribution in [3.63, 3.8) is 0 Å². The van der Waals surface area contributed by atoms with Crippen LogP contribution in [0.15, 0.2) is 51.8 Å². The van der Waals surface area contributed by atoms with Gasteiger partial charge in [0.15, 0.2) is 11.5 Å². The van der Waals surface area contributed by atoms with Gasteiger partial charge in [0, 0.05) is 27.8 Å². The summed E-state index contributed by atoms with van der Waals surface area (Å²) < 4.78 is 16.4. The number of hydrogen-bond donors (Lipinski definition) is 0. The Kier molecular flexibility index (Phi) is 5.59. The second kappa shape index (κ2) is 8.41. The van der Waals surface area contributed by atoms with Crippen LogP contribution in [0.5, 0.6) is 11.5 Å². The van der Waals surface area contributed by atoms with Crippen molar-refractivity contribution in [2.75, 3.05) is 6.79 Å². The number of furan rings is 1. The number of fused-ring (bicyclic) bond motifs is 1. The molecule has 0 N–H and O–H groups in total. The van der Waals surface area contributed by atoms with Gasteiger partial charge in [-0.15, -0.1) is 0 Å². The van der Waals surface area contributed by atoms with Crippen LogP contribution in [0.2, 0.25) is 15.1 Å². The third-order valence-electron chi connectivity index (χ3n) is 4.84. The maximum absolute atomic E-state index is 12.9. The highest BCUT2D eigenvalue weighted by Gasteiger charge is 2.36. The van der Waals surface area contributed by atoms with Crippen molar-refractivity contribution in [3.05, 3.63) is 73.8 Å². The normalized spacial score (nSPS) is 16.5. The summed E-state index contributed by atoms with van der Waals surface area (Å²) in [4.78, 5) is 26.8. The van der Waals surface area contributed by atoms with Crippen LogP contribution in [0.25, 0.3) is 17.4 Å². The van der Waals surface area contributed by atoms with Crippen LogP contribution in [0, 0.1) is 0 Å². The van der Waals surface area contributed by atoms with Crippen LogP contribution in [0.4, 0.5) is 4.79 Å². The molecule has 5 rings (SSSR count). The highest BCUT2D eigenvalue weighted by Crippen LogP contribution is 2.40. The molecule has 6 nitrogen and oxygen atoms in total. The van der Waals surface area contributed by atoms with Gasteiger partial charge in [0.25, 0.3) is 11.1 Å². The molecule has 0 unspecified atom stereocenters. The molecular formula is C22H12Cl3NO5S. The molecule has 2 amide bonds. The highest BCUT2D eigenvalue weighted by molar-refractivity contribution is 8.18. The molecule has 0 spiro atoms. The summed E-state index contributed by atoms with van der Waals surface area (Å²) >= 11 is 19.3. The lowest BCUT2D eigenvalue weighted by atomic mass is 10.2. The van der Waals surface area contributed by atoms with E-state index in [0.29, 0.717) is 49.2 Å². The predicted molar refractivity (Wildman–Crippen MR) is 123 cm³/mol. The number of hydrogen-bond acceptors (Lipinski definition) is 6. The van der Waals surface area contributed by atoms with E-state index in [1.807, 2.05) is 0 Å². The molecule has 0 aliphatic carbocycles. The number of nitrogens with zero attached hydrogens (tertiary/aromatic N) is 1. The van der Waals surface area contributed by atoms with E-state index in [-0.39, 0.29) is 18.2 Å². The molecule has 1 fully saturated rings. The monoisotopic (exact) mass is 507 g/mol. The van der Waals surface area contributed by atoms with Crippen LogP contribution in [-0.4, -0.2) is 22.8 Å². The van der Waals surface area contributed by atoms with Gasteiger partial charge in [-0.2, -0.15) is 0 Å². The molecule has 1 aromatic heterocycles. The fourth-order valence-electron chi connectivity index (χ4n) is 3.28. The number of carbonyl (C=O) groups is 2. The number of thioether (sulfide) groups is 1. The topological polar surface area (TPSA) is 69.0 Å². The van der Waals surface area contributed by atoms with Crippen LogP contribution in [-0.2, 0) is 11.3 Å². The average molecular weight is 509 g/mol. The molecule has 2 aliphatic heterocycles. The van der Waals surface area contributed by atoms with Crippen molar-refractivity contribution in [2.24, 2.45) is 0 Å². The molecule has 0 atom stereocenters. The number of ether oxygens (including phenoxy) is 2. The molecular weight excluding hydrogens is 497 g/mol. The average Bonchev–Trinajstić information content (AvgIpc) is 3.45. The number of rotatable bonds is 4. The molecule has 0 bridgehead atoms. The van der Waals surface area contributed by atoms with Crippen LogP contribution in [0.3, 0.4) is 0 Å². The Hall–Kier alpha value is -2.58. The van der Waals surface area contributed by atoms with Crippen molar-refractivity contribution in [2.45, 2.75) is 6.54 Å². The van der Waals surface area contributed by atoms with Crippen LogP contribution >= 0.6 is 46.6 Å². The minimum absolute atomic E-state index is 0.0151. The van der Waals surface area contributed by atoms with Gasteiger partial charge in [0.2, 0.25) is 6.79 Å². The van der Waals surface area contributed by atoms with Crippen molar-refractivity contribution >= 4 is 63.8 Å². The second-order valence-electron chi connectivity index (χ2n) is 6.89. The fraction of sp³-hybridized carbons (Fsp3) is 0.0909. The van der Waals surface area contributed by atoms with Gasteiger partial charge >= 0.3 is 0 Å². The minimum atomic E-state index is -0.434. The Bertz CT molecular complexity index is 1300. The number of benzene rings is 2. The summed E-state index contributed by atoms with van der Waals surface area (Å²) in [6, 6.07) is 11.8. The molecule has 0 saturated carbocycles. The van der Waals surface area contributed by atoms with Gasteiger partial charge in [0.05, 0.1) is 16.5 Å². The fourth-order valence-corrected chi connectivity index (χ4v) is 4.81. The highest BCUT2D eigenvalue weighted by atomic mass is 35.5. The standard InChI is InChI=1S/C22H12Cl3NO5S/c23-12-1-3-14(16(25)6-12)17-4-2-13(31-17)7-20-21(27)26(22(28)32-20)9-11-5-18-19(8-15(11)24)30-10-29-18/h1-8H,9-10H2/b20-7+. The minimum Gasteiger partial charge on any atom is -0.457 e. The van der Waals surface area contributed by atoms with Gasteiger partial charge in [0.1, 0.15) is 11.5 Å². The number of halogens is 3. The zero-order valence-electron chi connectivity index (χ0n) is 16.1. The van der Waals surface area contributed by atoms with Gasteiger partial charge in [-0.3, -0.25) is 14.5 Å². The maximum atomic E-state index is 12.9. The number of amides is 2. The SMILES string of the molecule is O=C1S/C(=C/c2ccc(-c3ccc(Cl)cc3Cl)o2)C(=O)N1Cc1cc2c(cc1Cl)OCO2. The molecule has 1 saturated heterocycles.